The van der Waals surface area contributed by atoms with Crippen LogP contribution in [0.15, 0.2) is 42.5 Å². The molecule has 0 aliphatic carbocycles. The molecule has 3 rings (SSSR count). The lowest BCUT2D eigenvalue weighted by Gasteiger charge is -2.21. The van der Waals surface area contributed by atoms with Gasteiger partial charge in [0.15, 0.2) is 0 Å². The molecule has 1 aliphatic heterocycles. The molecule has 4 amide bonds. The molecule has 1 aliphatic rings. The molecule has 2 N–H and O–H groups in total. The third-order valence-electron chi connectivity index (χ3n) is 5.34. The Morgan fingerprint density at radius 2 is 1.69 bits per heavy atom. The molecule has 1 heterocycles. The summed E-state index contributed by atoms with van der Waals surface area (Å²) in [6.07, 6.45) is 1.13. The molecule has 2 aromatic carbocycles. The van der Waals surface area contributed by atoms with Crippen molar-refractivity contribution in [3.8, 4) is 0 Å². The van der Waals surface area contributed by atoms with Crippen molar-refractivity contribution in [1.82, 2.24) is 10.2 Å². The molecule has 0 unspecified atom stereocenters. The van der Waals surface area contributed by atoms with Crippen molar-refractivity contribution in [3.63, 3.8) is 0 Å². The van der Waals surface area contributed by atoms with E-state index >= 15 is 0 Å². The minimum atomic E-state index is -1.01. The Hall–Kier alpha value is -3.15. The van der Waals surface area contributed by atoms with Crippen LogP contribution in [-0.2, 0) is 16.0 Å². The molecule has 0 aromatic heterocycles. The fraction of sp³-hybridized carbons (Fsp3) is 0.348. The predicted octanol–water partition coefficient (Wildman–Crippen LogP) is 3.49. The fourth-order valence-electron chi connectivity index (χ4n) is 3.80. The highest BCUT2D eigenvalue weighted by atomic mass is 16.2. The lowest BCUT2D eigenvalue weighted by atomic mass is 9.93. The van der Waals surface area contributed by atoms with Crippen LogP contribution in [0, 0.1) is 20.8 Å². The number of nitrogens with one attached hydrogen (secondary N) is 2. The Labute approximate surface area is 171 Å². The molecular formula is C23H27N3O3. The van der Waals surface area contributed by atoms with Gasteiger partial charge in [-0.1, -0.05) is 48.0 Å². The Balaban J connectivity index is 1.66. The van der Waals surface area contributed by atoms with E-state index in [9.17, 15) is 14.4 Å². The van der Waals surface area contributed by atoms with Crippen LogP contribution in [-0.4, -0.2) is 34.8 Å². The number of rotatable bonds is 6. The molecule has 0 bridgehead atoms. The van der Waals surface area contributed by atoms with Gasteiger partial charge in [0.25, 0.3) is 5.91 Å². The predicted molar refractivity (Wildman–Crippen MR) is 113 cm³/mol. The molecule has 1 atom stereocenters. The van der Waals surface area contributed by atoms with E-state index in [1.807, 2.05) is 63.2 Å². The molecule has 152 valence electrons. The summed E-state index contributed by atoms with van der Waals surface area (Å²) in [4.78, 5) is 38.8. The highest BCUT2D eigenvalue weighted by molar-refractivity contribution is 6.10. The van der Waals surface area contributed by atoms with E-state index in [0.29, 0.717) is 12.8 Å². The van der Waals surface area contributed by atoms with Gasteiger partial charge in [0, 0.05) is 5.69 Å². The molecule has 0 spiro atoms. The lowest BCUT2D eigenvalue weighted by molar-refractivity contribution is -0.133. The largest absolute Gasteiger partial charge is 0.325 e. The number of anilines is 1. The number of benzene rings is 2. The smallest absolute Gasteiger partial charge is 0.324 e. The van der Waals surface area contributed by atoms with Gasteiger partial charge in [-0.25, -0.2) is 4.79 Å². The van der Waals surface area contributed by atoms with Gasteiger partial charge in [-0.3, -0.25) is 14.5 Å². The summed E-state index contributed by atoms with van der Waals surface area (Å²) in [6.45, 7) is 7.24. The zero-order chi connectivity index (χ0) is 21.2. The van der Waals surface area contributed by atoms with Crippen LogP contribution in [0.1, 0.15) is 35.6 Å². The van der Waals surface area contributed by atoms with Crippen LogP contribution in [0.3, 0.4) is 0 Å². The minimum Gasteiger partial charge on any atom is -0.324 e. The van der Waals surface area contributed by atoms with Gasteiger partial charge in [-0.05, 0) is 57.2 Å². The highest BCUT2D eigenvalue weighted by Crippen LogP contribution is 2.25. The summed E-state index contributed by atoms with van der Waals surface area (Å²) in [5.74, 6) is -0.762. The summed E-state index contributed by atoms with van der Waals surface area (Å²) in [7, 11) is 0. The normalized spacial score (nSPS) is 18.7. The summed E-state index contributed by atoms with van der Waals surface area (Å²) in [5, 5.41) is 5.60. The summed E-state index contributed by atoms with van der Waals surface area (Å²) < 4.78 is 0. The number of carbonyl (C=O) groups is 3. The van der Waals surface area contributed by atoms with Crippen molar-refractivity contribution < 1.29 is 14.4 Å². The first-order valence-corrected chi connectivity index (χ1v) is 9.75. The van der Waals surface area contributed by atoms with Crippen molar-refractivity contribution in [3.05, 3.63) is 64.7 Å². The van der Waals surface area contributed by atoms with Crippen molar-refractivity contribution in [2.45, 2.75) is 46.1 Å². The molecule has 1 saturated heterocycles. The molecule has 0 saturated carbocycles. The van der Waals surface area contributed by atoms with Crippen LogP contribution in [0.2, 0.25) is 0 Å². The Morgan fingerprint density at radius 1 is 1.07 bits per heavy atom. The van der Waals surface area contributed by atoms with Gasteiger partial charge in [0.05, 0.1) is 0 Å². The number of urea groups is 1. The Morgan fingerprint density at radius 3 is 2.31 bits per heavy atom. The third kappa shape index (κ3) is 4.47. The van der Waals surface area contributed by atoms with Gasteiger partial charge in [-0.15, -0.1) is 0 Å². The molecule has 1 fully saturated rings. The number of nitrogens with zero attached hydrogens (tertiary/aromatic N) is 1. The summed E-state index contributed by atoms with van der Waals surface area (Å²) >= 11 is 0. The van der Waals surface area contributed by atoms with Gasteiger partial charge in [0.2, 0.25) is 5.91 Å². The zero-order valence-electron chi connectivity index (χ0n) is 17.3. The van der Waals surface area contributed by atoms with E-state index in [-0.39, 0.29) is 12.5 Å². The molecule has 0 radical (unpaired) electrons. The van der Waals surface area contributed by atoms with Gasteiger partial charge in [-0.2, -0.15) is 0 Å². The molecule has 6 nitrogen and oxygen atoms in total. The van der Waals surface area contributed by atoms with E-state index in [1.165, 1.54) is 0 Å². The van der Waals surface area contributed by atoms with E-state index in [2.05, 4.69) is 10.6 Å². The molecule has 29 heavy (non-hydrogen) atoms. The highest BCUT2D eigenvalue weighted by Gasteiger charge is 2.47. The maximum absolute atomic E-state index is 12.9. The van der Waals surface area contributed by atoms with Crippen LogP contribution in [0.4, 0.5) is 10.5 Å². The van der Waals surface area contributed by atoms with Crippen LogP contribution >= 0.6 is 0 Å². The van der Waals surface area contributed by atoms with E-state index in [4.69, 9.17) is 0 Å². The number of hydrogen-bond donors (Lipinski definition) is 2. The minimum absolute atomic E-state index is 0.307. The number of imide groups is 1. The summed E-state index contributed by atoms with van der Waals surface area (Å²) in [5.41, 5.74) is 3.81. The fourth-order valence-corrected chi connectivity index (χ4v) is 3.80. The van der Waals surface area contributed by atoms with Gasteiger partial charge in [0.1, 0.15) is 12.1 Å². The standard InChI is InChI=1S/C23H27N3O3/c1-15-12-16(2)20(17(3)13-15)24-19(27)14-26-21(28)23(4,25-22(26)29)11-10-18-8-6-5-7-9-18/h5-9,12-13H,10-11,14H2,1-4H3,(H,24,27)(H,25,29)/t23-/m0/s1. The van der Waals surface area contributed by atoms with Crippen molar-refractivity contribution in [1.29, 1.82) is 0 Å². The number of hydrogen-bond acceptors (Lipinski definition) is 3. The van der Waals surface area contributed by atoms with Crippen LogP contribution in [0.25, 0.3) is 0 Å². The van der Waals surface area contributed by atoms with E-state index < -0.39 is 17.5 Å². The van der Waals surface area contributed by atoms with Crippen molar-refractivity contribution >= 4 is 23.5 Å². The zero-order valence-corrected chi connectivity index (χ0v) is 17.3. The quantitative estimate of drug-likeness (QED) is 0.738. The molecule has 2 aromatic rings. The van der Waals surface area contributed by atoms with Crippen molar-refractivity contribution in [2.24, 2.45) is 0 Å². The first kappa shape index (κ1) is 20.6. The molecule has 6 heteroatoms. The van der Waals surface area contributed by atoms with E-state index in [1.54, 1.807) is 6.92 Å². The number of amides is 4. The Bertz CT molecular complexity index is 932. The van der Waals surface area contributed by atoms with E-state index in [0.717, 1.165) is 32.8 Å². The second-order valence-electron chi connectivity index (χ2n) is 7.96. The second-order valence-corrected chi connectivity index (χ2v) is 7.96. The van der Waals surface area contributed by atoms with Crippen LogP contribution in [0.5, 0.6) is 0 Å². The lowest BCUT2D eigenvalue weighted by Crippen LogP contribution is -2.45. The monoisotopic (exact) mass is 393 g/mol. The Kier molecular flexibility index (Phi) is 5.73. The number of aryl methyl sites for hydroxylation is 4. The van der Waals surface area contributed by atoms with Gasteiger partial charge >= 0.3 is 6.03 Å². The van der Waals surface area contributed by atoms with Crippen LogP contribution < -0.4 is 10.6 Å². The second kappa shape index (κ2) is 8.07. The first-order valence-electron chi connectivity index (χ1n) is 9.75. The SMILES string of the molecule is Cc1cc(C)c(NC(=O)CN2C(=O)N[C@@](C)(CCc3ccccc3)C2=O)c(C)c1. The van der Waals surface area contributed by atoms with Gasteiger partial charge < -0.3 is 10.6 Å². The maximum atomic E-state index is 12.9. The average Bonchev–Trinajstić information content (AvgIpc) is 2.87. The third-order valence-corrected chi connectivity index (χ3v) is 5.34. The first-order chi connectivity index (χ1) is 13.7. The average molecular weight is 393 g/mol. The topological polar surface area (TPSA) is 78.5 Å². The maximum Gasteiger partial charge on any atom is 0.325 e. The number of carbonyl (C=O) groups excluding carboxylic acids is 3. The molecular weight excluding hydrogens is 366 g/mol. The van der Waals surface area contributed by atoms with Crippen molar-refractivity contribution in [2.75, 3.05) is 11.9 Å². The summed E-state index contributed by atoms with van der Waals surface area (Å²) in [6, 6.07) is 13.2.